The van der Waals surface area contributed by atoms with Crippen molar-refractivity contribution < 1.29 is 19.1 Å². The van der Waals surface area contributed by atoms with E-state index in [1.807, 2.05) is 19.1 Å². The molecule has 1 unspecified atom stereocenters. The first-order valence-electron chi connectivity index (χ1n) is 9.46. The average Bonchev–Trinajstić information content (AvgIpc) is 2.60. The largest absolute Gasteiger partial charge is 0.463 e. The second-order valence-corrected chi connectivity index (χ2v) is 8.66. The van der Waals surface area contributed by atoms with E-state index in [2.05, 4.69) is 13.8 Å². The Kier molecular flexibility index (Phi) is 6.06. The SMILES string of the molecule is COCCOC(=O)C1C(C)=NC2=C(C(=O)CC(C)(C)C2)[C@@H]1c1ccc(Cl)cc1. The number of ether oxygens (including phenoxy) is 2. The quantitative estimate of drug-likeness (QED) is 0.541. The van der Waals surface area contributed by atoms with Crippen LogP contribution in [0.5, 0.6) is 0 Å². The maximum atomic E-state index is 13.1. The Hall–Kier alpha value is -1.98. The Morgan fingerprint density at radius 1 is 1.21 bits per heavy atom. The number of methoxy groups -OCH3 is 1. The van der Waals surface area contributed by atoms with E-state index in [-0.39, 0.29) is 23.8 Å². The number of hydrogen-bond acceptors (Lipinski definition) is 5. The molecule has 6 heteroatoms. The van der Waals surface area contributed by atoms with E-state index in [0.717, 1.165) is 11.3 Å². The summed E-state index contributed by atoms with van der Waals surface area (Å²) in [5.74, 6) is -1.38. The molecule has 0 N–H and O–H groups in total. The molecule has 0 spiro atoms. The highest BCUT2D eigenvalue weighted by Gasteiger charge is 2.45. The van der Waals surface area contributed by atoms with Crippen LogP contribution in [0.4, 0.5) is 0 Å². The normalized spacial score (nSPS) is 23.9. The molecule has 5 nitrogen and oxygen atoms in total. The Bertz CT molecular complexity index is 839. The molecule has 1 aromatic rings. The Morgan fingerprint density at radius 2 is 1.89 bits per heavy atom. The molecule has 2 atom stereocenters. The number of aliphatic imine (C=N–C) groups is 1. The molecule has 150 valence electrons. The fraction of sp³-hybridized carbons (Fsp3) is 0.500. The molecule has 2 aliphatic rings. The summed E-state index contributed by atoms with van der Waals surface area (Å²) in [5.41, 5.74) is 2.83. The predicted octanol–water partition coefficient (Wildman–Crippen LogP) is 4.35. The van der Waals surface area contributed by atoms with Gasteiger partial charge in [-0.05, 0) is 36.5 Å². The molecule has 0 fully saturated rings. The van der Waals surface area contributed by atoms with Gasteiger partial charge in [-0.1, -0.05) is 37.6 Å². The molecule has 3 rings (SSSR count). The first-order valence-corrected chi connectivity index (χ1v) is 9.84. The summed E-state index contributed by atoms with van der Waals surface area (Å²) in [7, 11) is 1.55. The molecule has 1 aliphatic carbocycles. The Balaban J connectivity index is 2.06. The van der Waals surface area contributed by atoms with Crippen LogP contribution in [0.3, 0.4) is 0 Å². The van der Waals surface area contributed by atoms with Crippen LogP contribution in [-0.2, 0) is 19.1 Å². The van der Waals surface area contributed by atoms with Crippen molar-refractivity contribution in [1.82, 2.24) is 0 Å². The van der Waals surface area contributed by atoms with Crippen LogP contribution in [0, 0.1) is 11.3 Å². The summed E-state index contributed by atoms with van der Waals surface area (Å²) in [6, 6.07) is 7.31. The van der Waals surface area contributed by atoms with Crippen LogP contribution in [0.25, 0.3) is 0 Å². The third-order valence-electron chi connectivity index (χ3n) is 5.32. The lowest BCUT2D eigenvalue weighted by molar-refractivity contribution is -0.147. The van der Waals surface area contributed by atoms with Crippen molar-refractivity contribution in [2.45, 2.75) is 39.5 Å². The van der Waals surface area contributed by atoms with E-state index in [1.165, 1.54) is 0 Å². The van der Waals surface area contributed by atoms with Crippen LogP contribution in [0.15, 0.2) is 40.5 Å². The highest BCUT2D eigenvalue weighted by Crippen LogP contribution is 2.47. The maximum Gasteiger partial charge on any atom is 0.315 e. The fourth-order valence-electron chi connectivity index (χ4n) is 4.10. The van der Waals surface area contributed by atoms with Gasteiger partial charge in [0.25, 0.3) is 0 Å². The van der Waals surface area contributed by atoms with E-state index in [4.69, 9.17) is 26.1 Å². The van der Waals surface area contributed by atoms with E-state index in [9.17, 15) is 9.59 Å². The smallest absolute Gasteiger partial charge is 0.315 e. The van der Waals surface area contributed by atoms with Gasteiger partial charge in [0.15, 0.2) is 5.78 Å². The zero-order valence-corrected chi connectivity index (χ0v) is 17.5. The molecule has 0 amide bonds. The van der Waals surface area contributed by atoms with Gasteiger partial charge >= 0.3 is 5.97 Å². The number of ketones is 1. The molecule has 0 saturated heterocycles. The number of nitrogens with zero attached hydrogens (tertiary/aromatic N) is 1. The van der Waals surface area contributed by atoms with Crippen molar-refractivity contribution in [1.29, 1.82) is 0 Å². The molecule has 1 heterocycles. The van der Waals surface area contributed by atoms with Crippen molar-refractivity contribution in [3.05, 3.63) is 46.1 Å². The zero-order chi connectivity index (χ0) is 20.5. The van der Waals surface area contributed by atoms with Crippen LogP contribution >= 0.6 is 11.6 Å². The van der Waals surface area contributed by atoms with Crippen molar-refractivity contribution in [3.63, 3.8) is 0 Å². The molecule has 1 aliphatic heterocycles. The molecule has 0 bridgehead atoms. The molecular formula is C22H26ClNO4. The summed E-state index contributed by atoms with van der Waals surface area (Å²) in [6.45, 7) is 6.46. The summed E-state index contributed by atoms with van der Waals surface area (Å²) in [6.07, 6.45) is 1.15. The minimum absolute atomic E-state index is 0.0529. The molecular weight excluding hydrogens is 378 g/mol. The monoisotopic (exact) mass is 403 g/mol. The van der Waals surface area contributed by atoms with Gasteiger partial charge < -0.3 is 9.47 Å². The number of esters is 1. The van der Waals surface area contributed by atoms with E-state index < -0.39 is 11.8 Å². The van der Waals surface area contributed by atoms with Gasteiger partial charge in [0.1, 0.15) is 12.5 Å². The van der Waals surface area contributed by atoms with Crippen molar-refractivity contribution >= 4 is 29.1 Å². The topological polar surface area (TPSA) is 65.0 Å². The summed E-state index contributed by atoms with van der Waals surface area (Å²) >= 11 is 6.06. The highest BCUT2D eigenvalue weighted by atomic mass is 35.5. The number of Topliss-reactive ketones (excluding diaryl/α,β-unsaturated/α-hetero) is 1. The third kappa shape index (κ3) is 4.20. The minimum Gasteiger partial charge on any atom is -0.463 e. The fourth-order valence-corrected chi connectivity index (χ4v) is 4.22. The van der Waals surface area contributed by atoms with Crippen molar-refractivity contribution in [2.24, 2.45) is 16.3 Å². The first kappa shape index (κ1) is 20.7. The van der Waals surface area contributed by atoms with Crippen LogP contribution < -0.4 is 0 Å². The summed E-state index contributed by atoms with van der Waals surface area (Å²) in [4.78, 5) is 30.7. The van der Waals surface area contributed by atoms with Gasteiger partial charge in [-0.25, -0.2) is 0 Å². The van der Waals surface area contributed by atoms with E-state index in [0.29, 0.717) is 35.8 Å². The lowest BCUT2D eigenvalue weighted by Gasteiger charge is -2.39. The van der Waals surface area contributed by atoms with Crippen molar-refractivity contribution in [3.8, 4) is 0 Å². The Labute approximate surface area is 170 Å². The number of rotatable bonds is 5. The van der Waals surface area contributed by atoms with E-state index in [1.54, 1.807) is 19.2 Å². The lowest BCUT2D eigenvalue weighted by atomic mass is 9.67. The number of benzene rings is 1. The second kappa shape index (κ2) is 8.18. The molecule has 0 aromatic heterocycles. The second-order valence-electron chi connectivity index (χ2n) is 8.22. The molecule has 28 heavy (non-hydrogen) atoms. The number of carbonyl (C=O) groups excluding carboxylic acids is 2. The minimum atomic E-state index is -0.637. The van der Waals surface area contributed by atoms with Crippen LogP contribution in [0.2, 0.25) is 5.02 Å². The van der Waals surface area contributed by atoms with Gasteiger partial charge in [0.05, 0.1) is 6.61 Å². The van der Waals surface area contributed by atoms with Gasteiger partial charge in [-0.2, -0.15) is 0 Å². The standard InChI is InChI=1S/C22H26ClNO4/c1-13-18(21(26)28-10-9-27-4)19(14-5-7-15(23)8-6-14)20-16(24-13)11-22(2,3)12-17(20)25/h5-8,18-19H,9-12H2,1-4H3/t18?,19-/m1/s1. The summed E-state index contributed by atoms with van der Waals surface area (Å²) < 4.78 is 10.4. The third-order valence-corrected chi connectivity index (χ3v) is 5.57. The van der Waals surface area contributed by atoms with Gasteiger partial charge in [0, 0.05) is 41.5 Å². The number of hydrogen-bond donors (Lipinski definition) is 0. The number of halogens is 1. The predicted molar refractivity (Wildman–Crippen MR) is 109 cm³/mol. The number of carbonyl (C=O) groups is 2. The highest BCUT2D eigenvalue weighted by molar-refractivity contribution is 6.30. The average molecular weight is 404 g/mol. The zero-order valence-electron chi connectivity index (χ0n) is 16.8. The summed E-state index contributed by atoms with van der Waals surface area (Å²) in [5, 5.41) is 0.606. The maximum absolute atomic E-state index is 13.1. The first-order chi connectivity index (χ1) is 13.2. The number of allylic oxidation sites excluding steroid dienone is 2. The van der Waals surface area contributed by atoms with Gasteiger partial charge in [-0.15, -0.1) is 0 Å². The molecule has 1 aromatic carbocycles. The van der Waals surface area contributed by atoms with Crippen LogP contribution in [0.1, 0.15) is 45.1 Å². The van der Waals surface area contributed by atoms with Gasteiger partial charge in [-0.3, -0.25) is 14.6 Å². The van der Waals surface area contributed by atoms with Gasteiger partial charge in [0.2, 0.25) is 0 Å². The Morgan fingerprint density at radius 3 is 2.54 bits per heavy atom. The van der Waals surface area contributed by atoms with E-state index >= 15 is 0 Å². The van der Waals surface area contributed by atoms with Crippen LogP contribution in [-0.4, -0.2) is 37.8 Å². The molecule has 0 saturated carbocycles. The van der Waals surface area contributed by atoms with Crippen molar-refractivity contribution in [2.75, 3.05) is 20.3 Å². The molecule has 0 radical (unpaired) electrons. The lowest BCUT2D eigenvalue weighted by Crippen LogP contribution is -2.39.